The fourth-order valence-electron chi connectivity index (χ4n) is 2.18. The fourth-order valence-corrected chi connectivity index (χ4v) is 4.50. The van der Waals surface area contributed by atoms with Crippen LogP contribution in [0.15, 0.2) is 12.7 Å². The summed E-state index contributed by atoms with van der Waals surface area (Å²) in [6.45, 7) is 0.196. The Labute approximate surface area is 157 Å². The first-order chi connectivity index (χ1) is 12.5. The third-order valence-corrected chi connectivity index (χ3v) is 6.82. The standard InChI is InChI=1S/C12H21N6O5PS2/c1-25(20)9(11-13-7-15-17-11)3-5-22-24(19)23-6-4-10(26(2)21)12-14-8-16-18-12/h7-10,24H,3-6H2,1-2H3,(H,13,15,17)(H,14,16,18). The zero-order chi connectivity index (χ0) is 18.9. The molecule has 2 heterocycles. The average Bonchev–Trinajstić information content (AvgIpc) is 3.28. The second kappa shape index (κ2) is 11.0. The van der Waals surface area contributed by atoms with Crippen LogP contribution in [0.25, 0.3) is 0 Å². The molecule has 0 saturated carbocycles. The lowest BCUT2D eigenvalue weighted by atomic mass is 10.3. The summed E-state index contributed by atoms with van der Waals surface area (Å²) in [6.07, 6.45) is 6.61. The van der Waals surface area contributed by atoms with Crippen LogP contribution in [0.1, 0.15) is 35.0 Å². The molecule has 2 N–H and O–H groups in total. The topological polar surface area (TPSA) is 165 Å². The van der Waals surface area contributed by atoms with Gasteiger partial charge in [-0.1, -0.05) is 0 Å². The maximum atomic E-state index is 11.8. The van der Waals surface area contributed by atoms with Gasteiger partial charge in [0.15, 0.2) is 10.5 Å². The molecule has 2 rings (SSSR count). The minimum atomic E-state index is -2.71. The van der Waals surface area contributed by atoms with E-state index in [4.69, 9.17) is 9.05 Å². The highest BCUT2D eigenvalue weighted by molar-refractivity contribution is 7.91. The highest BCUT2D eigenvalue weighted by Crippen LogP contribution is 2.30. The van der Waals surface area contributed by atoms with Crippen LogP contribution in [-0.4, -0.2) is 65.2 Å². The van der Waals surface area contributed by atoms with Crippen molar-refractivity contribution in [2.24, 2.45) is 0 Å². The summed E-state index contributed by atoms with van der Waals surface area (Å²) in [5.41, 5.74) is 0. The number of aromatic nitrogens is 6. The second-order valence-electron chi connectivity index (χ2n) is 5.21. The zero-order valence-corrected chi connectivity index (χ0v) is 16.9. The van der Waals surface area contributed by atoms with Gasteiger partial charge >= 0.3 is 8.25 Å². The first kappa shape index (κ1) is 21.4. The lowest BCUT2D eigenvalue weighted by molar-refractivity contribution is 0.219. The maximum absolute atomic E-state index is 11.8. The Morgan fingerprint density at radius 1 is 1.00 bits per heavy atom. The summed E-state index contributed by atoms with van der Waals surface area (Å²) in [7, 11) is -2.71. The van der Waals surface area contributed by atoms with E-state index in [0.29, 0.717) is 24.5 Å². The molecule has 0 fully saturated rings. The highest BCUT2D eigenvalue weighted by Gasteiger charge is 2.26. The molecule has 0 aliphatic carbocycles. The van der Waals surface area contributed by atoms with Gasteiger partial charge in [-0.15, -0.1) is 0 Å². The average molecular weight is 424 g/mol. The largest absolute Gasteiger partial charge is 0.616 e. The van der Waals surface area contributed by atoms with Gasteiger partial charge in [0.1, 0.15) is 12.7 Å². The smallest absolute Gasteiger partial charge is 0.319 e. The van der Waals surface area contributed by atoms with Gasteiger partial charge in [0, 0.05) is 12.8 Å². The lowest BCUT2D eigenvalue weighted by Crippen LogP contribution is -2.16. The fraction of sp³-hybridized carbons (Fsp3) is 0.667. The summed E-state index contributed by atoms with van der Waals surface area (Å²) >= 11 is -2.38. The predicted octanol–water partition coefficient (Wildman–Crippen LogP) is 0.665. The molecule has 14 heteroatoms. The Hall–Kier alpha value is -0.950. The van der Waals surface area contributed by atoms with Crippen molar-refractivity contribution in [1.82, 2.24) is 30.4 Å². The Bertz CT molecular complexity index is 590. The van der Waals surface area contributed by atoms with Gasteiger partial charge in [0.05, 0.1) is 25.7 Å². The van der Waals surface area contributed by atoms with E-state index < -0.39 is 41.1 Å². The van der Waals surface area contributed by atoms with E-state index in [9.17, 15) is 13.7 Å². The summed E-state index contributed by atoms with van der Waals surface area (Å²) in [5.74, 6) is 0.851. The molecule has 0 aliphatic heterocycles. The molecule has 2 aromatic heterocycles. The summed E-state index contributed by atoms with van der Waals surface area (Å²) < 4.78 is 45.7. The minimum absolute atomic E-state index is 0.0979. The van der Waals surface area contributed by atoms with E-state index in [1.807, 2.05) is 0 Å². The van der Waals surface area contributed by atoms with E-state index >= 15 is 0 Å². The van der Waals surface area contributed by atoms with Gasteiger partial charge in [-0.05, 0) is 22.4 Å². The molecule has 0 saturated heterocycles. The van der Waals surface area contributed by atoms with Crippen LogP contribution < -0.4 is 0 Å². The maximum Gasteiger partial charge on any atom is 0.319 e. The van der Waals surface area contributed by atoms with Crippen LogP contribution in [0.5, 0.6) is 0 Å². The molecule has 146 valence electrons. The predicted molar refractivity (Wildman–Crippen MR) is 96.5 cm³/mol. The van der Waals surface area contributed by atoms with Crippen LogP contribution in [-0.2, 0) is 36.0 Å². The third-order valence-electron chi connectivity index (χ3n) is 3.44. The number of nitrogens with zero attached hydrogens (tertiary/aromatic N) is 4. The van der Waals surface area contributed by atoms with Crippen LogP contribution in [0.3, 0.4) is 0 Å². The monoisotopic (exact) mass is 424 g/mol. The first-order valence-corrected chi connectivity index (χ1v) is 12.1. The first-order valence-electron chi connectivity index (χ1n) is 7.64. The third kappa shape index (κ3) is 6.65. The molecule has 0 bridgehead atoms. The summed E-state index contributed by atoms with van der Waals surface area (Å²) in [6, 6.07) is 0. The van der Waals surface area contributed by atoms with Crippen molar-refractivity contribution in [2.45, 2.75) is 23.3 Å². The normalized spacial score (nSPS) is 17.5. The number of H-pyrrole nitrogens is 2. The molecule has 2 aromatic rings. The summed E-state index contributed by atoms with van der Waals surface area (Å²) in [5, 5.41) is 12.2. The molecule has 26 heavy (non-hydrogen) atoms. The van der Waals surface area contributed by atoms with Crippen LogP contribution in [0, 0.1) is 0 Å². The molecule has 0 spiro atoms. The summed E-state index contributed by atoms with van der Waals surface area (Å²) in [4.78, 5) is 7.97. The molecule has 4 atom stereocenters. The van der Waals surface area contributed by atoms with E-state index in [-0.39, 0.29) is 13.2 Å². The Morgan fingerprint density at radius 2 is 1.42 bits per heavy atom. The minimum Gasteiger partial charge on any atom is -0.616 e. The van der Waals surface area contributed by atoms with Crippen LogP contribution >= 0.6 is 8.25 Å². The van der Waals surface area contributed by atoms with E-state index in [1.54, 1.807) is 12.5 Å². The molecular weight excluding hydrogens is 403 g/mol. The SMILES string of the molecule is C[S+]([O-])C(CCO[PH](=O)OCCC(c1nc[nH]n1)[S+](C)[O-])c1nc[nH]n1. The molecule has 11 nitrogen and oxygen atoms in total. The lowest BCUT2D eigenvalue weighted by Gasteiger charge is -2.16. The second-order valence-corrected chi connectivity index (χ2v) is 9.42. The van der Waals surface area contributed by atoms with E-state index in [2.05, 4.69) is 30.4 Å². The van der Waals surface area contributed by atoms with Gasteiger partial charge in [-0.25, -0.2) is 9.97 Å². The van der Waals surface area contributed by atoms with Crippen molar-refractivity contribution < 1.29 is 22.7 Å². The number of hydrogen-bond acceptors (Lipinski definition) is 9. The quantitative estimate of drug-likeness (QED) is 0.368. The Morgan fingerprint density at radius 3 is 1.73 bits per heavy atom. The number of aromatic amines is 2. The molecule has 0 amide bonds. The highest BCUT2D eigenvalue weighted by atomic mass is 32.2. The molecular formula is C12H21N6O5PS2. The number of hydrogen-bond donors (Lipinski definition) is 2. The van der Waals surface area contributed by atoms with E-state index in [0.717, 1.165) is 0 Å². The Kier molecular flexibility index (Phi) is 9.05. The van der Waals surface area contributed by atoms with Crippen LogP contribution in [0.2, 0.25) is 0 Å². The van der Waals surface area contributed by atoms with Crippen molar-refractivity contribution in [3.8, 4) is 0 Å². The molecule has 0 aromatic carbocycles. The van der Waals surface area contributed by atoms with Crippen molar-refractivity contribution >= 4 is 30.6 Å². The van der Waals surface area contributed by atoms with E-state index in [1.165, 1.54) is 12.7 Å². The zero-order valence-electron chi connectivity index (χ0n) is 14.3. The van der Waals surface area contributed by atoms with Gasteiger partial charge < -0.3 is 18.2 Å². The van der Waals surface area contributed by atoms with Gasteiger partial charge in [0.25, 0.3) is 0 Å². The number of nitrogens with one attached hydrogen (secondary N) is 2. The Balaban J connectivity index is 1.70. The van der Waals surface area contributed by atoms with Crippen molar-refractivity contribution in [2.75, 3.05) is 25.7 Å². The molecule has 4 unspecified atom stereocenters. The van der Waals surface area contributed by atoms with Crippen molar-refractivity contribution in [3.63, 3.8) is 0 Å². The number of rotatable bonds is 12. The van der Waals surface area contributed by atoms with Gasteiger partial charge in [0.2, 0.25) is 11.6 Å². The van der Waals surface area contributed by atoms with Crippen molar-refractivity contribution in [1.29, 1.82) is 0 Å². The van der Waals surface area contributed by atoms with Crippen molar-refractivity contribution in [3.05, 3.63) is 24.3 Å². The van der Waals surface area contributed by atoms with Gasteiger partial charge in [-0.3, -0.25) is 14.8 Å². The van der Waals surface area contributed by atoms with Gasteiger partial charge in [-0.2, -0.15) is 10.2 Å². The van der Waals surface area contributed by atoms with Crippen LogP contribution in [0.4, 0.5) is 0 Å². The molecule has 0 radical (unpaired) electrons. The molecule has 0 aliphatic rings.